The van der Waals surface area contributed by atoms with Crippen LogP contribution in [0.15, 0.2) is 53.0 Å². The van der Waals surface area contributed by atoms with E-state index in [4.69, 9.17) is 9.84 Å². The van der Waals surface area contributed by atoms with Crippen LogP contribution in [0, 0.1) is 0 Å². The molecule has 2 aromatic carbocycles. The molecule has 0 fully saturated rings. The van der Waals surface area contributed by atoms with Crippen molar-refractivity contribution in [2.75, 3.05) is 0 Å². The van der Waals surface area contributed by atoms with Gasteiger partial charge in [-0.15, -0.1) is 0 Å². The van der Waals surface area contributed by atoms with Crippen LogP contribution in [0.25, 0.3) is 6.08 Å². The van der Waals surface area contributed by atoms with Crippen LogP contribution >= 0.6 is 15.9 Å². The van der Waals surface area contributed by atoms with E-state index in [1.54, 1.807) is 0 Å². The molecule has 0 aromatic heterocycles. The second-order valence-corrected chi connectivity index (χ2v) is 5.27. The molecule has 1 N–H and O–H groups in total. The molecule has 0 saturated heterocycles. The maximum Gasteiger partial charge on any atom is 0.328 e. The quantitative estimate of drug-likeness (QED) is 0.783. The summed E-state index contributed by atoms with van der Waals surface area (Å²) in [6.45, 7) is 2.08. The van der Waals surface area contributed by atoms with Crippen LogP contribution < -0.4 is 4.74 Å². The highest BCUT2D eigenvalue weighted by Gasteiger charge is 2.05. The number of para-hydroxylation sites is 1. The number of aryl methyl sites for hydroxylation is 1. The number of benzene rings is 2. The molecule has 0 bridgehead atoms. The number of hydrogen-bond donors (Lipinski definition) is 1. The lowest BCUT2D eigenvalue weighted by molar-refractivity contribution is -0.131. The number of carboxylic acids is 1. The Morgan fingerprint density at radius 1 is 1.29 bits per heavy atom. The average molecular weight is 347 g/mol. The normalized spacial score (nSPS) is 10.8. The van der Waals surface area contributed by atoms with Gasteiger partial charge < -0.3 is 9.84 Å². The smallest absolute Gasteiger partial charge is 0.328 e. The minimum Gasteiger partial charge on any atom is -0.478 e. The Bertz CT molecular complexity index is 677. The van der Waals surface area contributed by atoms with Crippen molar-refractivity contribution in [1.82, 2.24) is 0 Å². The Hall–Kier alpha value is -2.07. The number of ether oxygens (including phenoxy) is 1. The van der Waals surface area contributed by atoms with Gasteiger partial charge in [0, 0.05) is 10.5 Å². The number of carboxylic acid groups (broad SMARTS) is 1. The zero-order valence-electron chi connectivity index (χ0n) is 11.5. The first kappa shape index (κ1) is 15.3. The van der Waals surface area contributed by atoms with Crippen LogP contribution in [0.2, 0.25) is 0 Å². The van der Waals surface area contributed by atoms with Crippen LogP contribution in [-0.2, 0) is 11.2 Å². The molecule has 108 valence electrons. The van der Waals surface area contributed by atoms with Crippen molar-refractivity contribution in [2.24, 2.45) is 0 Å². The number of carbonyl (C=O) groups is 1. The van der Waals surface area contributed by atoms with E-state index >= 15 is 0 Å². The summed E-state index contributed by atoms with van der Waals surface area (Å²) in [5, 5.41) is 8.65. The second-order valence-electron chi connectivity index (χ2n) is 4.42. The maximum atomic E-state index is 10.5. The van der Waals surface area contributed by atoms with Gasteiger partial charge in [0.25, 0.3) is 0 Å². The molecule has 0 aliphatic carbocycles. The van der Waals surface area contributed by atoms with Crippen molar-refractivity contribution >= 4 is 28.0 Å². The summed E-state index contributed by atoms with van der Waals surface area (Å²) in [4.78, 5) is 10.5. The molecule has 3 nitrogen and oxygen atoms in total. The first-order valence-corrected chi connectivity index (χ1v) is 7.35. The highest BCUT2D eigenvalue weighted by molar-refractivity contribution is 9.10. The number of rotatable bonds is 5. The van der Waals surface area contributed by atoms with Gasteiger partial charge in [-0.2, -0.15) is 0 Å². The summed E-state index contributed by atoms with van der Waals surface area (Å²) in [6.07, 6.45) is 3.54. The second kappa shape index (κ2) is 7.09. The van der Waals surface area contributed by atoms with Gasteiger partial charge in [-0.3, -0.25) is 0 Å². The third-order valence-corrected chi connectivity index (χ3v) is 3.65. The lowest BCUT2D eigenvalue weighted by Gasteiger charge is -2.10. The molecule has 0 radical (unpaired) electrons. The van der Waals surface area contributed by atoms with Crippen molar-refractivity contribution in [3.05, 3.63) is 64.1 Å². The van der Waals surface area contributed by atoms with Crippen molar-refractivity contribution in [2.45, 2.75) is 13.3 Å². The number of halogens is 1. The van der Waals surface area contributed by atoms with Gasteiger partial charge in [-0.25, -0.2) is 4.79 Å². The van der Waals surface area contributed by atoms with E-state index in [0.717, 1.165) is 33.8 Å². The topological polar surface area (TPSA) is 46.5 Å². The van der Waals surface area contributed by atoms with Crippen LogP contribution in [-0.4, -0.2) is 11.1 Å². The predicted molar refractivity (Wildman–Crippen MR) is 86.7 cm³/mol. The van der Waals surface area contributed by atoms with Gasteiger partial charge in [0.1, 0.15) is 11.5 Å². The summed E-state index contributed by atoms with van der Waals surface area (Å²) < 4.78 is 6.68. The lowest BCUT2D eigenvalue weighted by Crippen LogP contribution is -1.91. The lowest BCUT2D eigenvalue weighted by atomic mass is 10.1. The van der Waals surface area contributed by atoms with Gasteiger partial charge in [-0.1, -0.05) is 47.1 Å². The summed E-state index contributed by atoms with van der Waals surface area (Å²) in [6, 6.07) is 13.4. The molecule has 0 unspecified atom stereocenters. The standard InChI is InChI=1S/C17H15BrO3/c1-2-12-5-3-4-6-16(12)21-14-9-7-13(15(18)11-14)8-10-17(19)20/h3-11H,2H2,1H3,(H,19,20)/b10-8+. The molecule has 0 spiro atoms. The van der Waals surface area contributed by atoms with Crippen molar-refractivity contribution in [1.29, 1.82) is 0 Å². The highest BCUT2D eigenvalue weighted by atomic mass is 79.9. The van der Waals surface area contributed by atoms with Gasteiger partial charge in [0.15, 0.2) is 0 Å². The summed E-state index contributed by atoms with van der Waals surface area (Å²) >= 11 is 3.42. The molecule has 2 aromatic rings. The molecule has 0 atom stereocenters. The third-order valence-electron chi connectivity index (χ3n) is 2.96. The van der Waals surface area contributed by atoms with Gasteiger partial charge in [0.2, 0.25) is 0 Å². The fourth-order valence-electron chi connectivity index (χ4n) is 1.89. The Morgan fingerprint density at radius 3 is 2.71 bits per heavy atom. The summed E-state index contributed by atoms with van der Waals surface area (Å²) in [5.41, 5.74) is 1.93. The molecule has 0 amide bonds. The minimum atomic E-state index is -0.973. The largest absolute Gasteiger partial charge is 0.478 e. The summed E-state index contributed by atoms with van der Waals surface area (Å²) in [5.74, 6) is 0.565. The Kier molecular flexibility index (Phi) is 5.17. The Labute approximate surface area is 132 Å². The SMILES string of the molecule is CCc1ccccc1Oc1ccc(/C=C/C(=O)O)c(Br)c1. The van der Waals surface area contributed by atoms with Gasteiger partial charge in [0.05, 0.1) is 0 Å². The number of aliphatic carboxylic acids is 1. The zero-order chi connectivity index (χ0) is 15.2. The van der Waals surface area contributed by atoms with E-state index in [-0.39, 0.29) is 0 Å². The van der Waals surface area contributed by atoms with Gasteiger partial charge >= 0.3 is 5.97 Å². The zero-order valence-corrected chi connectivity index (χ0v) is 13.1. The Balaban J connectivity index is 2.22. The van der Waals surface area contributed by atoms with Crippen LogP contribution in [0.3, 0.4) is 0 Å². The fourth-order valence-corrected chi connectivity index (χ4v) is 2.38. The molecule has 21 heavy (non-hydrogen) atoms. The molecule has 4 heteroatoms. The maximum absolute atomic E-state index is 10.5. The van der Waals surface area contributed by atoms with E-state index in [1.165, 1.54) is 6.08 Å². The summed E-state index contributed by atoms with van der Waals surface area (Å²) in [7, 11) is 0. The molecule has 0 heterocycles. The van der Waals surface area contributed by atoms with E-state index in [1.807, 2.05) is 42.5 Å². The van der Waals surface area contributed by atoms with Crippen LogP contribution in [0.5, 0.6) is 11.5 Å². The monoisotopic (exact) mass is 346 g/mol. The van der Waals surface area contributed by atoms with Crippen molar-refractivity contribution in [3.8, 4) is 11.5 Å². The number of hydrogen-bond acceptors (Lipinski definition) is 2. The first-order chi connectivity index (χ1) is 10.1. The van der Waals surface area contributed by atoms with Crippen LogP contribution in [0.4, 0.5) is 0 Å². The van der Waals surface area contributed by atoms with Crippen LogP contribution in [0.1, 0.15) is 18.1 Å². The van der Waals surface area contributed by atoms with Gasteiger partial charge in [-0.05, 0) is 41.8 Å². The van der Waals surface area contributed by atoms with E-state index in [9.17, 15) is 4.79 Å². The van der Waals surface area contributed by atoms with Crippen molar-refractivity contribution < 1.29 is 14.6 Å². The molecule has 2 rings (SSSR count). The van der Waals surface area contributed by atoms with Crippen molar-refractivity contribution in [3.63, 3.8) is 0 Å². The molecule has 0 saturated carbocycles. The molecule has 0 aliphatic rings. The molecule has 0 aliphatic heterocycles. The average Bonchev–Trinajstić information content (AvgIpc) is 2.47. The van der Waals surface area contributed by atoms with E-state index in [2.05, 4.69) is 22.9 Å². The first-order valence-electron chi connectivity index (χ1n) is 6.56. The van der Waals surface area contributed by atoms with E-state index < -0.39 is 5.97 Å². The highest BCUT2D eigenvalue weighted by Crippen LogP contribution is 2.29. The molecular formula is C17H15BrO3. The fraction of sp³-hybridized carbons (Fsp3) is 0.118. The Morgan fingerprint density at radius 2 is 2.05 bits per heavy atom. The predicted octanol–water partition coefficient (Wildman–Crippen LogP) is 4.90. The third kappa shape index (κ3) is 4.20. The minimum absolute atomic E-state index is 0.704. The molecular weight excluding hydrogens is 332 g/mol. The van der Waals surface area contributed by atoms with E-state index in [0.29, 0.717) is 5.75 Å².